The molecule has 0 radical (unpaired) electrons. The first-order valence-corrected chi connectivity index (χ1v) is 6.48. The average Bonchev–Trinajstić information content (AvgIpc) is 2.40. The van der Waals surface area contributed by atoms with E-state index in [1.54, 1.807) is 0 Å². The first-order valence-electron chi connectivity index (χ1n) is 6.48. The molecule has 2 aromatic rings. The van der Waals surface area contributed by atoms with Crippen LogP contribution >= 0.6 is 0 Å². The minimum atomic E-state index is 0.574. The number of pyridine rings is 1. The van der Waals surface area contributed by atoms with E-state index in [-0.39, 0.29) is 0 Å². The van der Waals surface area contributed by atoms with Crippen molar-refractivity contribution in [3.8, 4) is 0 Å². The Bertz CT molecular complexity index is 477. The average molecular weight is 240 g/mol. The summed E-state index contributed by atoms with van der Waals surface area (Å²) in [5.41, 5.74) is 3.84. The number of anilines is 1. The number of rotatable bonds is 5. The van der Waals surface area contributed by atoms with Crippen molar-refractivity contribution in [2.75, 3.05) is 11.9 Å². The summed E-state index contributed by atoms with van der Waals surface area (Å²) in [4.78, 5) is 4.12. The number of nitrogens with one attached hydrogen (secondary N) is 1. The third-order valence-electron chi connectivity index (χ3n) is 3.02. The number of aromatic nitrogens is 1. The van der Waals surface area contributed by atoms with E-state index in [0.717, 1.165) is 13.0 Å². The summed E-state index contributed by atoms with van der Waals surface area (Å²) in [5, 5.41) is 3.46. The molecule has 1 aromatic heterocycles. The monoisotopic (exact) mass is 240 g/mol. The fourth-order valence-electron chi connectivity index (χ4n) is 1.90. The first-order chi connectivity index (χ1) is 8.75. The predicted molar refractivity (Wildman–Crippen MR) is 77.0 cm³/mol. The molecule has 0 unspecified atom stereocenters. The molecule has 0 amide bonds. The van der Waals surface area contributed by atoms with Gasteiger partial charge in [0.05, 0.1) is 0 Å². The lowest BCUT2D eigenvalue weighted by molar-refractivity contribution is 0.866. The van der Waals surface area contributed by atoms with Crippen molar-refractivity contribution in [3.63, 3.8) is 0 Å². The fourth-order valence-corrected chi connectivity index (χ4v) is 1.90. The molecular formula is C16H20N2. The molecule has 0 aliphatic rings. The van der Waals surface area contributed by atoms with Crippen LogP contribution in [0.4, 0.5) is 5.69 Å². The maximum atomic E-state index is 4.12. The van der Waals surface area contributed by atoms with E-state index in [0.29, 0.717) is 5.92 Å². The molecule has 94 valence electrons. The highest BCUT2D eigenvalue weighted by atomic mass is 14.9. The predicted octanol–water partition coefficient (Wildman–Crippen LogP) is 3.86. The zero-order chi connectivity index (χ0) is 12.8. The minimum Gasteiger partial charge on any atom is -0.385 e. The summed E-state index contributed by atoms with van der Waals surface area (Å²) in [5.74, 6) is 0.574. The molecule has 2 nitrogen and oxygen atoms in total. The molecule has 18 heavy (non-hydrogen) atoms. The number of benzene rings is 1. The number of hydrogen-bond acceptors (Lipinski definition) is 2. The summed E-state index contributed by atoms with van der Waals surface area (Å²) in [6.07, 6.45) is 4.73. The van der Waals surface area contributed by atoms with E-state index < -0.39 is 0 Å². The smallest absolute Gasteiger partial charge is 0.0343 e. The van der Waals surface area contributed by atoms with Crippen molar-refractivity contribution >= 4 is 5.69 Å². The van der Waals surface area contributed by atoms with Gasteiger partial charge in [0, 0.05) is 24.6 Å². The Morgan fingerprint density at radius 1 is 1.17 bits per heavy atom. The molecule has 1 heterocycles. The van der Waals surface area contributed by atoms with Crippen molar-refractivity contribution < 1.29 is 0 Å². The zero-order valence-corrected chi connectivity index (χ0v) is 11.1. The molecule has 0 atom stereocenters. The Morgan fingerprint density at radius 3 is 2.78 bits per heavy atom. The fraction of sp³-hybridized carbons (Fsp3) is 0.312. The quantitative estimate of drug-likeness (QED) is 0.858. The highest BCUT2D eigenvalue weighted by Gasteiger charge is 2.00. The Kier molecular flexibility index (Phi) is 4.35. The van der Waals surface area contributed by atoms with Crippen LogP contribution in [0.25, 0.3) is 0 Å². The SMILES string of the molecule is CC(C)c1cccc(NCCc2cccnc2)c1. The van der Waals surface area contributed by atoms with Crippen molar-refractivity contribution in [2.24, 2.45) is 0 Å². The van der Waals surface area contributed by atoms with Crippen LogP contribution in [0.15, 0.2) is 48.8 Å². The van der Waals surface area contributed by atoms with Crippen molar-refractivity contribution in [1.29, 1.82) is 0 Å². The molecule has 0 saturated heterocycles. The van der Waals surface area contributed by atoms with Gasteiger partial charge in [-0.25, -0.2) is 0 Å². The third-order valence-corrected chi connectivity index (χ3v) is 3.02. The van der Waals surface area contributed by atoms with Gasteiger partial charge in [-0.1, -0.05) is 32.0 Å². The van der Waals surface area contributed by atoms with Gasteiger partial charge < -0.3 is 5.32 Å². The molecule has 0 bridgehead atoms. The maximum Gasteiger partial charge on any atom is 0.0343 e. The summed E-state index contributed by atoms with van der Waals surface area (Å²) >= 11 is 0. The standard InChI is InChI=1S/C16H20N2/c1-13(2)15-6-3-7-16(11-15)18-10-8-14-5-4-9-17-12-14/h3-7,9,11-13,18H,8,10H2,1-2H3. The normalized spacial score (nSPS) is 10.6. The van der Waals surface area contributed by atoms with Crippen LogP contribution in [0.5, 0.6) is 0 Å². The van der Waals surface area contributed by atoms with Gasteiger partial charge in [-0.2, -0.15) is 0 Å². The van der Waals surface area contributed by atoms with Gasteiger partial charge in [-0.15, -0.1) is 0 Å². The highest BCUT2D eigenvalue weighted by molar-refractivity contribution is 5.46. The van der Waals surface area contributed by atoms with Crippen molar-refractivity contribution in [2.45, 2.75) is 26.2 Å². The van der Waals surface area contributed by atoms with Crippen molar-refractivity contribution in [1.82, 2.24) is 4.98 Å². The van der Waals surface area contributed by atoms with Crippen LogP contribution < -0.4 is 5.32 Å². The van der Waals surface area contributed by atoms with E-state index in [1.165, 1.54) is 16.8 Å². The van der Waals surface area contributed by atoms with Crippen LogP contribution in [-0.2, 0) is 6.42 Å². The maximum absolute atomic E-state index is 4.12. The molecule has 0 aliphatic heterocycles. The van der Waals surface area contributed by atoms with Gasteiger partial charge in [0.1, 0.15) is 0 Å². The van der Waals surface area contributed by atoms with E-state index in [2.05, 4.69) is 54.5 Å². The molecule has 2 heteroatoms. The summed E-state index contributed by atoms with van der Waals surface area (Å²) in [6.45, 7) is 5.37. The second-order valence-electron chi connectivity index (χ2n) is 4.82. The van der Waals surface area contributed by atoms with Gasteiger partial charge >= 0.3 is 0 Å². The van der Waals surface area contributed by atoms with Crippen LogP contribution in [0, 0.1) is 0 Å². The lowest BCUT2D eigenvalue weighted by Gasteiger charge is -2.10. The molecule has 0 fully saturated rings. The Hall–Kier alpha value is -1.83. The largest absolute Gasteiger partial charge is 0.385 e. The topological polar surface area (TPSA) is 24.9 Å². The molecule has 2 rings (SSSR count). The second kappa shape index (κ2) is 6.20. The summed E-state index contributed by atoms with van der Waals surface area (Å²) in [6, 6.07) is 12.7. The lowest BCUT2D eigenvalue weighted by atomic mass is 10.0. The molecule has 0 spiro atoms. The van der Waals surface area contributed by atoms with Crippen LogP contribution in [0.1, 0.15) is 30.9 Å². The third kappa shape index (κ3) is 3.59. The highest BCUT2D eigenvalue weighted by Crippen LogP contribution is 2.18. The molecule has 0 aliphatic carbocycles. The molecule has 0 saturated carbocycles. The number of nitrogens with zero attached hydrogens (tertiary/aromatic N) is 1. The van der Waals surface area contributed by atoms with E-state index >= 15 is 0 Å². The first kappa shape index (κ1) is 12.6. The minimum absolute atomic E-state index is 0.574. The lowest BCUT2D eigenvalue weighted by Crippen LogP contribution is -2.05. The van der Waals surface area contributed by atoms with Gasteiger partial charge in [-0.05, 0) is 41.7 Å². The van der Waals surface area contributed by atoms with Gasteiger partial charge in [0.2, 0.25) is 0 Å². The molecular weight excluding hydrogens is 220 g/mol. The van der Waals surface area contributed by atoms with E-state index in [9.17, 15) is 0 Å². The van der Waals surface area contributed by atoms with Crippen molar-refractivity contribution in [3.05, 3.63) is 59.9 Å². The second-order valence-corrected chi connectivity index (χ2v) is 4.82. The number of hydrogen-bond donors (Lipinski definition) is 1. The van der Waals surface area contributed by atoms with E-state index in [1.807, 2.05) is 18.5 Å². The van der Waals surface area contributed by atoms with Crippen LogP contribution in [-0.4, -0.2) is 11.5 Å². The summed E-state index contributed by atoms with van der Waals surface area (Å²) < 4.78 is 0. The van der Waals surface area contributed by atoms with Gasteiger partial charge in [-0.3, -0.25) is 4.98 Å². The Labute approximate surface area is 109 Å². The van der Waals surface area contributed by atoms with Crippen LogP contribution in [0.2, 0.25) is 0 Å². The van der Waals surface area contributed by atoms with E-state index in [4.69, 9.17) is 0 Å². The molecule has 1 aromatic carbocycles. The molecule has 1 N–H and O–H groups in total. The van der Waals surface area contributed by atoms with Crippen LogP contribution in [0.3, 0.4) is 0 Å². The Morgan fingerprint density at radius 2 is 2.06 bits per heavy atom. The summed E-state index contributed by atoms with van der Waals surface area (Å²) in [7, 11) is 0. The zero-order valence-electron chi connectivity index (χ0n) is 11.1. The Balaban J connectivity index is 1.89. The van der Waals surface area contributed by atoms with Gasteiger partial charge in [0.25, 0.3) is 0 Å². The van der Waals surface area contributed by atoms with Gasteiger partial charge in [0.15, 0.2) is 0 Å².